The molecule has 9 aromatic rings. The lowest BCUT2D eigenvalue weighted by Gasteiger charge is -2.27. The molecule has 2 aromatic heterocycles. The van der Waals surface area contributed by atoms with E-state index in [0.29, 0.717) is 0 Å². The van der Waals surface area contributed by atoms with Crippen LogP contribution in [0.2, 0.25) is 0 Å². The molecule has 0 saturated heterocycles. The molecule has 2 nitrogen and oxygen atoms in total. The van der Waals surface area contributed by atoms with Crippen molar-refractivity contribution in [2.75, 3.05) is 4.90 Å². The highest BCUT2D eigenvalue weighted by molar-refractivity contribution is 7.25. The summed E-state index contributed by atoms with van der Waals surface area (Å²) in [5.74, 6) is 0. The van der Waals surface area contributed by atoms with Gasteiger partial charge in [0.25, 0.3) is 0 Å². The van der Waals surface area contributed by atoms with Crippen molar-refractivity contribution in [1.29, 1.82) is 0 Å². The molecule has 0 spiro atoms. The van der Waals surface area contributed by atoms with Gasteiger partial charge in [-0.15, -0.1) is 11.3 Å². The SMILES string of the molecule is c1ccc(N(c2ccccc2)c2ccc(-c3ccc4sc5ccccc5c4c3)c3c2c2ccccc2n3-c2ccccc2)cc1. The zero-order chi connectivity index (χ0) is 29.7. The number of nitrogens with zero attached hydrogens (tertiary/aromatic N) is 2. The number of thiophene rings is 1. The van der Waals surface area contributed by atoms with Gasteiger partial charge in [0, 0.05) is 53.6 Å². The number of fused-ring (bicyclic) bond motifs is 6. The molecule has 0 aliphatic carbocycles. The van der Waals surface area contributed by atoms with Gasteiger partial charge >= 0.3 is 0 Å². The van der Waals surface area contributed by atoms with Crippen LogP contribution in [0, 0.1) is 0 Å². The molecule has 0 amide bonds. The molecule has 0 aliphatic rings. The summed E-state index contributed by atoms with van der Waals surface area (Å²) in [6.07, 6.45) is 0. The number of aromatic nitrogens is 1. The Morgan fingerprint density at radius 2 is 1.07 bits per heavy atom. The molecule has 0 bridgehead atoms. The molecule has 9 rings (SSSR count). The summed E-state index contributed by atoms with van der Waals surface area (Å²) in [5.41, 5.74) is 9.38. The molecule has 7 aromatic carbocycles. The van der Waals surface area contributed by atoms with Crippen molar-refractivity contribution in [3.63, 3.8) is 0 Å². The second-order valence-electron chi connectivity index (χ2n) is 11.4. The molecule has 0 radical (unpaired) electrons. The predicted molar refractivity (Wildman–Crippen MR) is 194 cm³/mol. The van der Waals surface area contributed by atoms with E-state index in [1.54, 1.807) is 0 Å². The summed E-state index contributed by atoms with van der Waals surface area (Å²) in [6.45, 7) is 0. The van der Waals surface area contributed by atoms with Crippen molar-refractivity contribution in [2.45, 2.75) is 0 Å². The molecule has 0 aliphatic heterocycles. The van der Waals surface area contributed by atoms with Gasteiger partial charge in [0.15, 0.2) is 0 Å². The fourth-order valence-corrected chi connectivity index (χ4v) is 7.90. The van der Waals surface area contributed by atoms with E-state index in [2.05, 4.69) is 179 Å². The van der Waals surface area contributed by atoms with E-state index in [1.807, 2.05) is 11.3 Å². The number of para-hydroxylation sites is 4. The zero-order valence-corrected chi connectivity index (χ0v) is 25.3. The first kappa shape index (κ1) is 25.8. The number of benzene rings is 7. The lowest BCUT2D eigenvalue weighted by Crippen LogP contribution is -2.10. The summed E-state index contributed by atoms with van der Waals surface area (Å²) >= 11 is 1.86. The first-order chi connectivity index (χ1) is 22.3. The molecule has 45 heavy (non-hydrogen) atoms. The maximum Gasteiger partial charge on any atom is 0.0640 e. The fourth-order valence-electron chi connectivity index (χ4n) is 6.82. The van der Waals surface area contributed by atoms with Gasteiger partial charge in [0.1, 0.15) is 0 Å². The third-order valence-electron chi connectivity index (χ3n) is 8.77. The van der Waals surface area contributed by atoms with Crippen LogP contribution < -0.4 is 4.90 Å². The normalized spacial score (nSPS) is 11.6. The minimum absolute atomic E-state index is 1.13. The Labute approximate surface area is 265 Å². The lowest BCUT2D eigenvalue weighted by molar-refractivity contribution is 1.18. The average molecular weight is 593 g/mol. The van der Waals surface area contributed by atoms with E-state index in [4.69, 9.17) is 0 Å². The van der Waals surface area contributed by atoms with Crippen LogP contribution in [-0.4, -0.2) is 4.57 Å². The Hall–Kier alpha value is -5.64. The van der Waals surface area contributed by atoms with E-state index in [9.17, 15) is 0 Å². The van der Waals surface area contributed by atoms with Crippen LogP contribution in [0.15, 0.2) is 170 Å². The highest BCUT2D eigenvalue weighted by Crippen LogP contribution is 2.47. The van der Waals surface area contributed by atoms with Gasteiger partial charge in [-0.2, -0.15) is 0 Å². The molecule has 2 heterocycles. The van der Waals surface area contributed by atoms with Crippen molar-refractivity contribution >= 4 is 70.4 Å². The number of hydrogen-bond acceptors (Lipinski definition) is 2. The molecule has 0 atom stereocenters. The average Bonchev–Trinajstić information content (AvgIpc) is 3.66. The van der Waals surface area contributed by atoms with E-state index < -0.39 is 0 Å². The lowest BCUT2D eigenvalue weighted by atomic mass is 9.98. The van der Waals surface area contributed by atoms with Crippen molar-refractivity contribution in [1.82, 2.24) is 4.57 Å². The highest BCUT2D eigenvalue weighted by atomic mass is 32.1. The standard InChI is InChI=1S/C42H28N2S/c1-4-14-30(15-5-1)43(31-16-6-2-7-17-31)38-26-25-33(29-24-27-40-36(28-29)34-20-11-13-23-39(34)45-40)42-41(38)35-21-10-12-22-37(35)44(42)32-18-8-3-9-19-32/h1-28H. The Kier molecular flexibility index (Phi) is 6.03. The summed E-state index contributed by atoms with van der Waals surface area (Å²) in [4.78, 5) is 2.39. The minimum atomic E-state index is 1.13. The predicted octanol–water partition coefficient (Wildman–Crippen LogP) is 12.3. The summed E-state index contributed by atoms with van der Waals surface area (Å²) in [5, 5.41) is 5.08. The van der Waals surface area contributed by atoms with Crippen LogP contribution in [0.3, 0.4) is 0 Å². The smallest absolute Gasteiger partial charge is 0.0640 e. The van der Waals surface area contributed by atoms with Crippen LogP contribution in [0.4, 0.5) is 17.1 Å². The molecular weight excluding hydrogens is 565 g/mol. The number of hydrogen-bond donors (Lipinski definition) is 0. The van der Waals surface area contributed by atoms with Gasteiger partial charge < -0.3 is 9.47 Å². The van der Waals surface area contributed by atoms with Gasteiger partial charge in [-0.1, -0.05) is 103 Å². The summed E-state index contributed by atoms with van der Waals surface area (Å²) in [6, 6.07) is 61.4. The van der Waals surface area contributed by atoms with Crippen LogP contribution in [0.5, 0.6) is 0 Å². The summed E-state index contributed by atoms with van der Waals surface area (Å²) in [7, 11) is 0. The maximum absolute atomic E-state index is 2.45. The molecule has 212 valence electrons. The van der Waals surface area contributed by atoms with E-state index >= 15 is 0 Å². The third-order valence-corrected chi connectivity index (χ3v) is 9.92. The highest BCUT2D eigenvalue weighted by Gasteiger charge is 2.24. The molecule has 0 N–H and O–H groups in total. The van der Waals surface area contributed by atoms with Crippen LogP contribution in [-0.2, 0) is 0 Å². The zero-order valence-electron chi connectivity index (χ0n) is 24.5. The van der Waals surface area contributed by atoms with E-state index in [1.165, 1.54) is 53.1 Å². The maximum atomic E-state index is 2.45. The monoisotopic (exact) mass is 592 g/mol. The van der Waals surface area contributed by atoms with Gasteiger partial charge in [-0.3, -0.25) is 0 Å². The topological polar surface area (TPSA) is 8.17 Å². The fraction of sp³-hybridized carbons (Fsp3) is 0. The molecule has 0 fully saturated rings. The molecule has 0 saturated carbocycles. The first-order valence-corrected chi connectivity index (χ1v) is 16.1. The van der Waals surface area contributed by atoms with E-state index in [-0.39, 0.29) is 0 Å². The molecular formula is C42H28N2S. The Morgan fingerprint density at radius 3 is 1.80 bits per heavy atom. The van der Waals surface area contributed by atoms with Gasteiger partial charge in [-0.25, -0.2) is 0 Å². The first-order valence-electron chi connectivity index (χ1n) is 15.3. The molecule has 0 unspecified atom stereocenters. The van der Waals surface area contributed by atoms with Crippen LogP contribution >= 0.6 is 11.3 Å². The quantitative estimate of drug-likeness (QED) is 0.193. The van der Waals surface area contributed by atoms with Crippen molar-refractivity contribution < 1.29 is 0 Å². The number of anilines is 3. The third kappa shape index (κ3) is 4.16. The van der Waals surface area contributed by atoms with Gasteiger partial charge in [0.05, 0.1) is 16.7 Å². The van der Waals surface area contributed by atoms with Crippen LogP contribution in [0.1, 0.15) is 0 Å². The molecule has 3 heteroatoms. The van der Waals surface area contributed by atoms with Crippen molar-refractivity contribution in [3.05, 3.63) is 170 Å². The second-order valence-corrected chi connectivity index (χ2v) is 12.4. The largest absolute Gasteiger partial charge is 0.310 e. The Balaban J connectivity index is 1.42. The Bertz CT molecular complexity index is 2440. The Morgan fingerprint density at radius 1 is 0.467 bits per heavy atom. The van der Waals surface area contributed by atoms with Crippen molar-refractivity contribution in [3.8, 4) is 16.8 Å². The number of rotatable bonds is 5. The van der Waals surface area contributed by atoms with Gasteiger partial charge in [0.2, 0.25) is 0 Å². The summed E-state index contributed by atoms with van der Waals surface area (Å²) < 4.78 is 5.09. The minimum Gasteiger partial charge on any atom is -0.310 e. The van der Waals surface area contributed by atoms with E-state index in [0.717, 1.165) is 22.7 Å². The van der Waals surface area contributed by atoms with Gasteiger partial charge in [-0.05, 0) is 72.3 Å². The second kappa shape index (κ2) is 10.5. The van der Waals surface area contributed by atoms with Crippen molar-refractivity contribution in [2.24, 2.45) is 0 Å². The van der Waals surface area contributed by atoms with Crippen LogP contribution in [0.25, 0.3) is 58.8 Å².